The van der Waals surface area contributed by atoms with Gasteiger partial charge in [0.2, 0.25) is 0 Å². The van der Waals surface area contributed by atoms with Gasteiger partial charge in [-0.15, -0.1) is 11.3 Å². The largest absolute Gasteiger partial charge is 0.330 e. The van der Waals surface area contributed by atoms with Crippen molar-refractivity contribution < 1.29 is 0 Å². The number of nitrogens with one attached hydrogen (secondary N) is 1. The van der Waals surface area contributed by atoms with Crippen molar-refractivity contribution in [2.45, 2.75) is 31.6 Å². The molecule has 0 saturated carbocycles. The van der Waals surface area contributed by atoms with Crippen LogP contribution in [0.25, 0.3) is 0 Å². The Morgan fingerprint density at radius 1 is 1.73 bits per heavy atom. The fraction of sp³-hybridized carbons (Fsp3) is 0.727. The Morgan fingerprint density at radius 3 is 3.27 bits per heavy atom. The van der Waals surface area contributed by atoms with Gasteiger partial charge in [-0.2, -0.15) is 0 Å². The second-order valence-corrected chi connectivity index (χ2v) is 5.37. The lowest BCUT2D eigenvalue weighted by atomic mass is 10.0. The zero-order valence-electron chi connectivity index (χ0n) is 9.20. The molecule has 0 radical (unpaired) electrons. The Balaban J connectivity index is 2.05. The summed E-state index contributed by atoms with van der Waals surface area (Å²) in [5.74, 6) is 1.08. The minimum atomic E-state index is 0.452. The van der Waals surface area contributed by atoms with Crippen LogP contribution < -0.4 is 11.1 Å². The summed E-state index contributed by atoms with van der Waals surface area (Å²) in [7, 11) is 0. The highest BCUT2D eigenvalue weighted by Crippen LogP contribution is 2.30. The van der Waals surface area contributed by atoms with Crippen molar-refractivity contribution in [3.8, 4) is 0 Å². The van der Waals surface area contributed by atoms with E-state index in [0.717, 1.165) is 13.1 Å². The van der Waals surface area contributed by atoms with Crippen LogP contribution in [0, 0.1) is 0 Å². The van der Waals surface area contributed by atoms with Crippen LogP contribution in [0.5, 0.6) is 0 Å². The summed E-state index contributed by atoms with van der Waals surface area (Å²) < 4.78 is 0. The van der Waals surface area contributed by atoms with Gasteiger partial charge in [0.25, 0.3) is 0 Å². The Labute approximate surface area is 95.1 Å². The maximum Gasteiger partial charge on any atom is 0.0971 e. The molecule has 2 atom stereocenters. The first-order valence-electron chi connectivity index (χ1n) is 5.67. The third kappa shape index (κ3) is 2.56. The van der Waals surface area contributed by atoms with E-state index < -0.39 is 0 Å². The van der Waals surface area contributed by atoms with Crippen molar-refractivity contribution in [3.63, 3.8) is 0 Å². The number of nitrogens with two attached hydrogens (primary N) is 1. The van der Waals surface area contributed by atoms with E-state index in [1.807, 2.05) is 17.5 Å². The predicted octanol–water partition coefficient (Wildman–Crippen LogP) is 1.67. The maximum absolute atomic E-state index is 5.66. The van der Waals surface area contributed by atoms with E-state index in [4.69, 9.17) is 5.73 Å². The van der Waals surface area contributed by atoms with Crippen molar-refractivity contribution in [1.29, 1.82) is 0 Å². The molecule has 1 aliphatic rings. The number of rotatable bonds is 3. The molecule has 1 aromatic heterocycles. The van der Waals surface area contributed by atoms with E-state index in [9.17, 15) is 0 Å². The molecule has 2 heterocycles. The first-order chi connectivity index (χ1) is 7.31. The van der Waals surface area contributed by atoms with Gasteiger partial charge in [-0.3, -0.25) is 0 Å². The Morgan fingerprint density at radius 2 is 2.60 bits per heavy atom. The molecule has 1 fully saturated rings. The molecule has 4 heteroatoms. The number of hydrogen-bond acceptors (Lipinski definition) is 4. The van der Waals surface area contributed by atoms with E-state index in [1.54, 1.807) is 0 Å². The van der Waals surface area contributed by atoms with Gasteiger partial charge >= 0.3 is 0 Å². The molecule has 1 saturated heterocycles. The number of nitrogens with zero attached hydrogens (tertiary/aromatic N) is 1. The van der Waals surface area contributed by atoms with Gasteiger partial charge in [-0.05, 0) is 25.9 Å². The normalized spacial score (nSPS) is 24.0. The lowest BCUT2D eigenvalue weighted by Crippen LogP contribution is -2.28. The van der Waals surface area contributed by atoms with E-state index in [2.05, 4.69) is 17.2 Å². The van der Waals surface area contributed by atoms with E-state index in [0.29, 0.717) is 18.4 Å². The van der Waals surface area contributed by atoms with Crippen LogP contribution >= 0.6 is 11.3 Å². The summed E-state index contributed by atoms with van der Waals surface area (Å²) in [6, 6.07) is 0. The number of piperidine rings is 1. The molecule has 0 aliphatic carbocycles. The third-order valence-electron chi connectivity index (χ3n) is 3.03. The van der Waals surface area contributed by atoms with Gasteiger partial charge in [0, 0.05) is 29.5 Å². The van der Waals surface area contributed by atoms with E-state index in [-0.39, 0.29) is 0 Å². The SMILES string of the molecule is CC(CN)c1cnc(C2CCCNC2)s1. The highest BCUT2D eigenvalue weighted by atomic mass is 32.1. The summed E-state index contributed by atoms with van der Waals surface area (Å²) in [5, 5.41) is 4.72. The summed E-state index contributed by atoms with van der Waals surface area (Å²) in [6.45, 7) is 5.12. The fourth-order valence-corrected chi connectivity index (χ4v) is 3.01. The third-order valence-corrected chi connectivity index (χ3v) is 4.42. The molecule has 2 unspecified atom stereocenters. The zero-order chi connectivity index (χ0) is 10.7. The van der Waals surface area contributed by atoms with Crippen molar-refractivity contribution in [1.82, 2.24) is 10.3 Å². The van der Waals surface area contributed by atoms with Gasteiger partial charge in [0.05, 0.1) is 5.01 Å². The van der Waals surface area contributed by atoms with Crippen LogP contribution in [0.3, 0.4) is 0 Å². The minimum Gasteiger partial charge on any atom is -0.330 e. The van der Waals surface area contributed by atoms with Crippen molar-refractivity contribution in [2.24, 2.45) is 5.73 Å². The van der Waals surface area contributed by atoms with E-state index in [1.165, 1.54) is 22.7 Å². The molecule has 2 rings (SSSR count). The van der Waals surface area contributed by atoms with Crippen LogP contribution in [-0.2, 0) is 0 Å². The Bertz CT molecular complexity index is 305. The molecule has 15 heavy (non-hydrogen) atoms. The summed E-state index contributed by atoms with van der Waals surface area (Å²) >= 11 is 1.84. The Hall–Kier alpha value is -0.450. The van der Waals surface area contributed by atoms with Gasteiger partial charge in [-0.25, -0.2) is 4.98 Å². The highest BCUT2D eigenvalue weighted by Gasteiger charge is 2.19. The van der Waals surface area contributed by atoms with Gasteiger partial charge in [0.15, 0.2) is 0 Å². The van der Waals surface area contributed by atoms with Gasteiger partial charge < -0.3 is 11.1 Å². The monoisotopic (exact) mass is 225 g/mol. The van der Waals surface area contributed by atoms with Crippen LogP contribution in [0.15, 0.2) is 6.20 Å². The van der Waals surface area contributed by atoms with Crippen LogP contribution in [0.1, 0.15) is 41.5 Å². The molecule has 0 bridgehead atoms. The summed E-state index contributed by atoms with van der Waals surface area (Å²) in [5.41, 5.74) is 5.66. The lowest BCUT2D eigenvalue weighted by molar-refractivity contribution is 0.460. The zero-order valence-corrected chi connectivity index (χ0v) is 10.0. The molecule has 84 valence electrons. The second kappa shape index (κ2) is 5.05. The smallest absolute Gasteiger partial charge is 0.0971 e. The molecule has 0 amide bonds. The molecule has 0 aromatic carbocycles. The molecule has 3 N–H and O–H groups in total. The van der Waals surface area contributed by atoms with Crippen LogP contribution in [0.2, 0.25) is 0 Å². The molecule has 1 aromatic rings. The van der Waals surface area contributed by atoms with E-state index >= 15 is 0 Å². The molecule has 1 aliphatic heterocycles. The first-order valence-corrected chi connectivity index (χ1v) is 6.49. The van der Waals surface area contributed by atoms with Crippen molar-refractivity contribution >= 4 is 11.3 Å². The standard InChI is InChI=1S/C11H19N3S/c1-8(5-12)10-7-14-11(15-10)9-3-2-4-13-6-9/h7-9,13H,2-6,12H2,1H3. The van der Waals surface area contributed by atoms with Gasteiger partial charge in [0.1, 0.15) is 0 Å². The van der Waals surface area contributed by atoms with Crippen molar-refractivity contribution in [3.05, 3.63) is 16.1 Å². The second-order valence-electron chi connectivity index (χ2n) is 4.28. The molecule has 0 spiro atoms. The van der Waals surface area contributed by atoms with Gasteiger partial charge in [-0.1, -0.05) is 6.92 Å². The van der Waals surface area contributed by atoms with Crippen LogP contribution in [0.4, 0.5) is 0 Å². The lowest BCUT2D eigenvalue weighted by Gasteiger charge is -2.20. The average Bonchev–Trinajstić information content (AvgIpc) is 2.78. The number of thiazole rings is 1. The highest BCUT2D eigenvalue weighted by molar-refractivity contribution is 7.11. The van der Waals surface area contributed by atoms with Crippen molar-refractivity contribution in [2.75, 3.05) is 19.6 Å². The number of aromatic nitrogens is 1. The number of hydrogen-bond donors (Lipinski definition) is 2. The predicted molar refractivity (Wildman–Crippen MR) is 64.4 cm³/mol. The molecular weight excluding hydrogens is 206 g/mol. The topological polar surface area (TPSA) is 50.9 Å². The minimum absolute atomic E-state index is 0.452. The average molecular weight is 225 g/mol. The first kappa shape index (κ1) is 11.0. The summed E-state index contributed by atoms with van der Waals surface area (Å²) in [4.78, 5) is 5.86. The molecule has 3 nitrogen and oxygen atoms in total. The quantitative estimate of drug-likeness (QED) is 0.823. The van der Waals surface area contributed by atoms with Crippen LogP contribution in [-0.4, -0.2) is 24.6 Å². The summed E-state index contributed by atoms with van der Waals surface area (Å²) in [6.07, 6.45) is 4.55. The maximum atomic E-state index is 5.66. The Kier molecular flexibility index (Phi) is 3.72. The molecular formula is C11H19N3S. The fourth-order valence-electron chi connectivity index (χ4n) is 1.90.